The van der Waals surface area contributed by atoms with Crippen LogP contribution in [0.3, 0.4) is 0 Å². The quantitative estimate of drug-likeness (QED) is 0.694. The molecule has 2 heterocycles. The highest BCUT2D eigenvalue weighted by Gasteiger charge is 2.24. The van der Waals surface area contributed by atoms with Crippen LogP contribution < -0.4 is 4.90 Å². The number of anilines is 1. The van der Waals surface area contributed by atoms with E-state index in [1.807, 2.05) is 36.4 Å². The average Bonchev–Trinajstić information content (AvgIpc) is 2.97. The van der Waals surface area contributed by atoms with Gasteiger partial charge in [0.1, 0.15) is 5.82 Å². The zero-order valence-electron chi connectivity index (χ0n) is 13.9. The number of carbonyl (C=O) groups excluding carboxylic acids is 1. The number of aromatic nitrogens is 1. The largest absolute Gasteiger partial charge is 0.355 e. The summed E-state index contributed by atoms with van der Waals surface area (Å²) in [6, 6.07) is 18.5. The predicted molar refractivity (Wildman–Crippen MR) is 98.4 cm³/mol. The predicted octanol–water partition coefficient (Wildman–Crippen LogP) is 3.19. The van der Waals surface area contributed by atoms with Crippen molar-refractivity contribution in [3.8, 4) is 5.69 Å². The molecule has 0 atom stereocenters. The highest BCUT2D eigenvalue weighted by atomic mass is 16.1. The van der Waals surface area contributed by atoms with Crippen molar-refractivity contribution in [1.29, 1.82) is 0 Å². The summed E-state index contributed by atoms with van der Waals surface area (Å²) in [5.74, 6) is 1.02. The minimum absolute atomic E-state index is 0.791. The Morgan fingerprint density at radius 1 is 0.875 bits per heavy atom. The second kappa shape index (κ2) is 6.13. The van der Waals surface area contributed by atoms with Crippen LogP contribution in [0.15, 0.2) is 54.6 Å². The van der Waals surface area contributed by atoms with E-state index in [2.05, 4.69) is 39.6 Å². The summed E-state index contributed by atoms with van der Waals surface area (Å²) in [6.07, 6.45) is 1.01. The molecule has 1 saturated heterocycles. The topological polar surface area (TPSA) is 28.5 Å². The molecule has 1 aliphatic rings. The van der Waals surface area contributed by atoms with Gasteiger partial charge in [-0.15, -0.1) is 0 Å². The van der Waals surface area contributed by atoms with Crippen LogP contribution in [-0.4, -0.2) is 49.0 Å². The molecular formula is C20H21N3O. The van der Waals surface area contributed by atoms with Gasteiger partial charge in [0.05, 0.1) is 11.1 Å². The first-order valence-electron chi connectivity index (χ1n) is 8.37. The van der Waals surface area contributed by atoms with Gasteiger partial charge in [-0.05, 0) is 25.2 Å². The number of rotatable bonds is 3. The molecule has 0 radical (unpaired) electrons. The Hall–Kier alpha value is -2.59. The summed E-state index contributed by atoms with van der Waals surface area (Å²) in [5, 5.41) is 1.02. The van der Waals surface area contributed by atoms with Gasteiger partial charge in [-0.3, -0.25) is 9.36 Å². The molecule has 0 saturated carbocycles. The highest BCUT2D eigenvalue weighted by Crippen LogP contribution is 2.35. The smallest absolute Gasteiger partial charge is 0.154 e. The number of nitrogens with zero attached hydrogens (tertiary/aromatic N) is 3. The van der Waals surface area contributed by atoms with Crippen LogP contribution in [0.1, 0.15) is 10.4 Å². The molecule has 0 spiro atoms. The Bertz CT molecular complexity index is 861. The maximum Gasteiger partial charge on any atom is 0.154 e. The molecule has 4 nitrogen and oxygen atoms in total. The van der Waals surface area contributed by atoms with E-state index in [0.717, 1.165) is 60.4 Å². The lowest BCUT2D eigenvalue weighted by molar-refractivity contribution is 0.112. The van der Waals surface area contributed by atoms with E-state index < -0.39 is 0 Å². The van der Waals surface area contributed by atoms with Gasteiger partial charge < -0.3 is 9.80 Å². The summed E-state index contributed by atoms with van der Waals surface area (Å²) in [6.45, 7) is 3.88. The number of piperazine rings is 1. The van der Waals surface area contributed by atoms with Crippen molar-refractivity contribution in [2.45, 2.75) is 0 Å². The van der Waals surface area contributed by atoms with E-state index in [1.165, 1.54) is 0 Å². The minimum Gasteiger partial charge on any atom is -0.355 e. The van der Waals surface area contributed by atoms with Crippen molar-refractivity contribution in [1.82, 2.24) is 9.47 Å². The van der Waals surface area contributed by atoms with Crippen LogP contribution in [0.5, 0.6) is 0 Å². The maximum absolute atomic E-state index is 11.9. The Morgan fingerprint density at radius 2 is 1.54 bits per heavy atom. The molecule has 24 heavy (non-hydrogen) atoms. The van der Waals surface area contributed by atoms with Gasteiger partial charge in [-0.2, -0.15) is 0 Å². The summed E-state index contributed by atoms with van der Waals surface area (Å²) in [5.41, 5.74) is 2.97. The van der Waals surface area contributed by atoms with Gasteiger partial charge >= 0.3 is 0 Å². The van der Waals surface area contributed by atoms with Gasteiger partial charge in [0.2, 0.25) is 0 Å². The second-order valence-electron chi connectivity index (χ2n) is 6.33. The first-order valence-corrected chi connectivity index (χ1v) is 8.37. The van der Waals surface area contributed by atoms with Gasteiger partial charge in [0.25, 0.3) is 0 Å². The van der Waals surface area contributed by atoms with Gasteiger partial charge in [0, 0.05) is 37.3 Å². The molecule has 0 bridgehead atoms. The number of para-hydroxylation sites is 2. The number of hydrogen-bond acceptors (Lipinski definition) is 3. The molecule has 1 aliphatic heterocycles. The molecule has 0 amide bonds. The minimum atomic E-state index is 0.791. The molecule has 4 heteroatoms. The van der Waals surface area contributed by atoms with Gasteiger partial charge in [-0.1, -0.05) is 36.4 Å². The Morgan fingerprint density at radius 3 is 2.25 bits per heavy atom. The summed E-state index contributed by atoms with van der Waals surface area (Å²) in [4.78, 5) is 16.6. The molecule has 0 unspecified atom stereocenters. The SMILES string of the molecule is CN1CCN(c2c(C=O)c3ccccc3n2-c2ccccc2)CC1. The summed E-state index contributed by atoms with van der Waals surface area (Å²) < 4.78 is 2.23. The van der Waals surface area contributed by atoms with Crippen LogP contribution in [-0.2, 0) is 0 Å². The van der Waals surface area contributed by atoms with Crippen molar-refractivity contribution in [2.75, 3.05) is 38.1 Å². The van der Waals surface area contributed by atoms with Crippen LogP contribution in [0.25, 0.3) is 16.6 Å². The molecule has 2 aromatic carbocycles. The summed E-state index contributed by atoms with van der Waals surface area (Å²) in [7, 11) is 2.14. The molecule has 4 rings (SSSR count). The first-order chi connectivity index (χ1) is 11.8. The van der Waals surface area contributed by atoms with Gasteiger partial charge in [-0.25, -0.2) is 0 Å². The van der Waals surface area contributed by atoms with Crippen molar-refractivity contribution >= 4 is 23.0 Å². The Balaban J connectivity index is 1.98. The third kappa shape index (κ3) is 2.39. The molecular weight excluding hydrogens is 298 g/mol. The lowest BCUT2D eigenvalue weighted by Crippen LogP contribution is -2.45. The Kier molecular flexibility index (Phi) is 3.82. The van der Waals surface area contributed by atoms with E-state index in [-0.39, 0.29) is 0 Å². The highest BCUT2D eigenvalue weighted by molar-refractivity contribution is 6.05. The van der Waals surface area contributed by atoms with E-state index >= 15 is 0 Å². The van der Waals surface area contributed by atoms with Crippen molar-refractivity contribution in [3.63, 3.8) is 0 Å². The van der Waals surface area contributed by atoms with Crippen molar-refractivity contribution in [3.05, 3.63) is 60.2 Å². The Labute approximate surface area is 141 Å². The van der Waals surface area contributed by atoms with E-state index in [4.69, 9.17) is 0 Å². The van der Waals surface area contributed by atoms with Crippen LogP contribution in [0, 0.1) is 0 Å². The fourth-order valence-electron chi connectivity index (χ4n) is 3.54. The fourth-order valence-corrected chi connectivity index (χ4v) is 3.54. The lowest BCUT2D eigenvalue weighted by Gasteiger charge is -2.35. The lowest BCUT2D eigenvalue weighted by atomic mass is 10.1. The molecule has 3 aromatic rings. The molecule has 122 valence electrons. The second-order valence-corrected chi connectivity index (χ2v) is 6.33. The number of benzene rings is 2. The number of likely N-dealkylation sites (N-methyl/N-ethyl adjacent to an activating group) is 1. The molecule has 1 fully saturated rings. The van der Waals surface area contributed by atoms with Crippen molar-refractivity contribution < 1.29 is 4.79 Å². The zero-order valence-corrected chi connectivity index (χ0v) is 13.9. The maximum atomic E-state index is 11.9. The van der Waals surface area contributed by atoms with Gasteiger partial charge in [0.15, 0.2) is 6.29 Å². The fraction of sp³-hybridized carbons (Fsp3) is 0.250. The van der Waals surface area contributed by atoms with Crippen LogP contribution in [0.2, 0.25) is 0 Å². The molecule has 0 aliphatic carbocycles. The monoisotopic (exact) mass is 319 g/mol. The zero-order chi connectivity index (χ0) is 16.5. The standard InChI is InChI=1S/C20H21N3O/c1-21-11-13-22(14-12-21)20-18(15-24)17-9-5-6-10-19(17)23(20)16-7-3-2-4-8-16/h2-10,15H,11-14H2,1H3. The third-order valence-electron chi connectivity index (χ3n) is 4.82. The van der Waals surface area contributed by atoms with E-state index in [0.29, 0.717) is 0 Å². The summed E-state index contributed by atoms with van der Waals surface area (Å²) >= 11 is 0. The number of fused-ring (bicyclic) bond motifs is 1. The third-order valence-corrected chi connectivity index (χ3v) is 4.82. The number of aldehydes is 1. The van der Waals surface area contributed by atoms with Crippen LogP contribution >= 0.6 is 0 Å². The first kappa shape index (κ1) is 15.0. The average molecular weight is 319 g/mol. The normalized spacial score (nSPS) is 15.8. The van der Waals surface area contributed by atoms with E-state index in [1.54, 1.807) is 0 Å². The van der Waals surface area contributed by atoms with Crippen LogP contribution in [0.4, 0.5) is 5.82 Å². The molecule has 1 aromatic heterocycles. The van der Waals surface area contributed by atoms with E-state index in [9.17, 15) is 4.79 Å². The number of carbonyl (C=O) groups is 1. The number of hydrogen-bond donors (Lipinski definition) is 0. The molecule has 0 N–H and O–H groups in total. The van der Waals surface area contributed by atoms with Crippen molar-refractivity contribution in [2.24, 2.45) is 0 Å².